The third-order valence-electron chi connectivity index (χ3n) is 3.13. The van der Waals surface area contributed by atoms with E-state index in [1.165, 1.54) is 0 Å². The molecule has 1 aliphatic heterocycles. The van der Waals surface area contributed by atoms with Crippen LogP contribution in [0.5, 0.6) is 5.75 Å². The molecule has 0 bridgehead atoms. The number of ether oxygens (including phenoxy) is 1. The van der Waals surface area contributed by atoms with Crippen LogP contribution in [0.3, 0.4) is 0 Å². The predicted molar refractivity (Wildman–Crippen MR) is 61.4 cm³/mol. The van der Waals surface area contributed by atoms with E-state index < -0.39 is 42.6 Å². The van der Waals surface area contributed by atoms with Crippen molar-refractivity contribution < 1.29 is 41.0 Å². The number of alkyl halides is 6. The summed E-state index contributed by atoms with van der Waals surface area (Å²) in [7, 11) is 0. The first-order valence-electron chi connectivity index (χ1n) is 5.92. The van der Waals surface area contributed by atoms with Crippen LogP contribution in [0.1, 0.15) is 5.56 Å². The fraction of sp³-hybridized carbons (Fsp3) is 0.417. The maximum atomic E-state index is 12.8. The quantitative estimate of drug-likeness (QED) is 0.818. The van der Waals surface area contributed by atoms with Crippen LogP contribution in [0.4, 0.5) is 32.0 Å². The van der Waals surface area contributed by atoms with Crippen molar-refractivity contribution in [2.75, 3.05) is 5.32 Å². The Morgan fingerprint density at radius 3 is 2.36 bits per heavy atom. The highest BCUT2D eigenvalue weighted by Gasteiger charge is 2.50. The van der Waals surface area contributed by atoms with Crippen LogP contribution >= 0.6 is 0 Å². The molecule has 0 aliphatic carbocycles. The minimum atomic E-state index is -4.95. The van der Waals surface area contributed by atoms with E-state index in [-0.39, 0.29) is 11.3 Å². The average Bonchev–Trinajstić information content (AvgIpc) is 2.33. The number of rotatable bonds is 2. The van der Waals surface area contributed by atoms with Crippen molar-refractivity contribution in [3.63, 3.8) is 0 Å². The second kappa shape index (κ2) is 5.25. The maximum absolute atomic E-state index is 12.8. The molecule has 1 heterocycles. The molecule has 0 amide bonds. The maximum Gasteiger partial charge on any atom is 0.573 e. The summed E-state index contributed by atoms with van der Waals surface area (Å²) in [6.45, 7) is 0. The van der Waals surface area contributed by atoms with Gasteiger partial charge >= 0.3 is 18.5 Å². The predicted octanol–water partition coefficient (Wildman–Crippen LogP) is 3.18. The van der Waals surface area contributed by atoms with Crippen LogP contribution in [-0.2, 0) is 11.2 Å². The average molecular weight is 329 g/mol. The summed E-state index contributed by atoms with van der Waals surface area (Å²) in [5.41, 5.74) is -0.0657. The molecule has 22 heavy (non-hydrogen) atoms. The van der Waals surface area contributed by atoms with E-state index in [1.54, 1.807) is 0 Å². The molecule has 2 atom stereocenters. The van der Waals surface area contributed by atoms with E-state index in [0.717, 1.165) is 18.2 Å². The summed E-state index contributed by atoms with van der Waals surface area (Å²) >= 11 is 0. The van der Waals surface area contributed by atoms with Crippen molar-refractivity contribution in [2.45, 2.75) is 25.0 Å². The highest BCUT2D eigenvalue weighted by molar-refractivity contribution is 5.75. The molecule has 2 rings (SSSR count). The number of carbonyl (C=O) groups is 1. The topological polar surface area (TPSA) is 58.6 Å². The normalized spacial score (nSPS) is 21.7. The van der Waals surface area contributed by atoms with E-state index in [1.807, 2.05) is 5.32 Å². The molecule has 1 aromatic rings. The van der Waals surface area contributed by atoms with E-state index in [9.17, 15) is 31.1 Å². The Bertz CT molecular complexity index is 583. The molecule has 4 nitrogen and oxygen atoms in total. The fourth-order valence-electron chi connectivity index (χ4n) is 2.24. The van der Waals surface area contributed by atoms with Crippen molar-refractivity contribution in [1.82, 2.24) is 0 Å². The minimum Gasteiger partial charge on any atom is -0.481 e. The number of hydrogen-bond acceptors (Lipinski definition) is 3. The Kier molecular flexibility index (Phi) is 3.88. The molecule has 0 saturated heterocycles. The molecule has 0 spiro atoms. The molecule has 122 valence electrons. The monoisotopic (exact) mass is 329 g/mol. The lowest BCUT2D eigenvalue weighted by Crippen LogP contribution is -2.49. The van der Waals surface area contributed by atoms with Gasteiger partial charge in [-0.15, -0.1) is 13.2 Å². The summed E-state index contributed by atoms with van der Waals surface area (Å²) in [4.78, 5) is 11.0. The molecule has 0 fully saturated rings. The van der Waals surface area contributed by atoms with Crippen molar-refractivity contribution >= 4 is 11.7 Å². The zero-order valence-corrected chi connectivity index (χ0v) is 10.6. The first-order valence-corrected chi connectivity index (χ1v) is 5.92. The molecular weight excluding hydrogens is 320 g/mol. The molecule has 0 radical (unpaired) electrons. The summed E-state index contributed by atoms with van der Waals surface area (Å²) < 4.78 is 78.6. The van der Waals surface area contributed by atoms with Gasteiger partial charge in [-0.25, -0.2) is 0 Å². The summed E-state index contributed by atoms with van der Waals surface area (Å²) in [5, 5.41) is 10.9. The van der Waals surface area contributed by atoms with Crippen molar-refractivity contribution in [2.24, 2.45) is 5.92 Å². The van der Waals surface area contributed by atoms with E-state index in [0.29, 0.717) is 0 Å². The van der Waals surface area contributed by atoms with Gasteiger partial charge in [-0.05, 0) is 30.2 Å². The number of carboxylic acid groups (broad SMARTS) is 1. The zero-order valence-electron chi connectivity index (χ0n) is 10.6. The standard InChI is InChI=1S/C12H9F6NO3/c13-11(14,15)9-7(10(20)21)4-5-3-6(22-12(16,17)18)1-2-8(5)19-9/h1-3,7,9,19H,4H2,(H,20,21)/t7-,9+/m1/s1. The van der Waals surface area contributed by atoms with Gasteiger partial charge in [0.1, 0.15) is 11.8 Å². The summed E-state index contributed by atoms with van der Waals surface area (Å²) in [5.74, 6) is -4.15. The Labute approximate surface area is 119 Å². The zero-order chi connectivity index (χ0) is 16.7. The number of benzene rings is 1. The van der Waals surface area contributed by atoms with Gasteiger partial charge in [-0.1, -0.05) is 0 Å². The number of hydrogen-bond donors (Lipinski definition) is 2. The number of aliphatic carboxylic acids is 1. The van der Waals surface area contributed by atoms with Gasteiger partial charge in [0, 0.05) is 5.69 Å². The molecule has 1 aromatic carbocycles. The van der Waals surface area contributed by atoms with Crippen LogP contribution in [0.15, 0.2) is 18.2 Å². The van der Waals surface area contributed by atoms with E-state index in [2.05, 4.69) is 4.74 Å². The van der Waals surface area contributed by atoms with Gasteiger partial charge < -0.3 is 15.2 Å². The van der Waals surface area contributed by atoms with Gasteiger partial charge in [-0.3, -0.25) is 4.79 Å². The first kappa shape index (κ1) is 16.2. The van der Waals surface area contributed by atoms with Crippen LogP contribution in [0, 0.1) is 5.92 Å². The van der Waals surface area contributed by atoms with Crippen molar-refractivity contribution in [3.8, 4) is 5.75 Å². The highest BCUT2D eigenvalue weighted by atomic mass is 19.4. The van der Waals surface area contributed by atoms with Gasteiger partial charge in [-0.2, -0.15) is 13.2 Å². The largest absolute Gasteiger partial charge is 0.573 e. The lowest BCUT2D eigenvalue weighted by atomic mass is 9.87. The molecule has 2 N–H and O–H groups in total. The van der Waals surface area contributed by atoms with E-state index in [4.69, 9.17) is 5.11 Å². The third-order valence-corrected chi connectivity index (χ3v) is 3.13. The van der Waals surface area contributed by atoms with Gasteiger partial charge in [0.25, 0.3) is 0 Å². The molecule has 0 unspecified atom stereocenters. The third kappa shape index (κ3) is 3.55. The van der Waals surface area contributed by atoms with Crippen molar-refractivity contribution in [3.05, 3.63) is 23.8 Å². The SMILES string of the molecule is O=C(O)[C@@H]1Cc2cc(OC(F)(F)F)ccc2N[C@@H]1C(F)(F)F. The van der Waals surface area contributed by atoms with Crippen LogP contribution in [0.25, 0.3) is 0 Å². The van der Waals surface area contributed by atoms with E-state index >= 15 is 0 Å². The van der Waals surface area contributed by atoms with Gasteiger partial charge in [0.15, 0.2) is 0 Å². The number of nitrogens with one attached hydrogen (secondary N) is 1. The second-order valence-corrected chi connectivity index (χ2v) is 4.68. The summed E-state index contributed by atoms with van der Waals surface area (Å²) in [6, 6.07) is 0.409. The fourth-order valence-corrected chi connectivity index (χ4v) is 2.24. The Balaban J connectivity index is 2.33. The number of carboxylic acids is 1. The second-order valence-electron chi connectivity index (χ2n) is 4.68. The van der Waals surface area contributed by atoms with Crippen molar-refractivity contribution in [1.29, 1.82) is 0 Å². The van der Waals surface area contributed by atoms with Gasteiger partial charge in [0.05, 0.1) is 5.92 Å². The lowest BCUT2D eigenvalue weighted by Gasteiger charge is -2.33. The Hall–Kier alpha value is -2.13. The summed E-state index contributed by atoms with van der Waals surface area (Å²) in [6.07, 6.45) is -10.3. The Morgan fingerprint density at radius 2 is 1.86 bits per heavy atom. The van der Waals surface area contributed by atoms with Gasteiger partial charge in [0.2, 0.25) is 0 Å². The number of fused-ring (bicyclic) bond motifs is 1. The molecule has 0 saturated carbocycles. The molecule has 10 heteroatoms. The number of halogens is 6. The Morgan fingerprint density at radius 1 is 1.23 bits per heavy atom. The minimum absolute atomic E-state index is 0.00894. The number of anilines is 1. The molecule has 0 aromatic heterocycles. The molecular formula is C12H9F6NO3. The smallest absolute Gasteiger partial charge is 0.481 e. The van der Waals surface area contributed by atoms with Crippen LogP contribution in [0.2, 0.25) is 0 Å². The van der Waals surface area contributed by atoms with Crippen LogP contribution < -0.4 is 10.1 Å². The highest BCUT2D eigenvalue weighted by Crippen LogP contribution is 2.38. The molecule has 1 aliphatic rings. The van der Waals surface area contributed by atoms with Crippen LogP contribution in [-0.4, -0.2) is 29.7 Å². The lowest BCUT2D eigenvalue weighted by molar-refractivity contribution is -0.274. The first-order chi connectivity index (χ1) is 9.97.